The zero-order valence-electron chi connectivity index (χ0n) is 13.3. The largest absolute Gasteiger partial charge is 0.480 e. The standard InChI is InChI=1S/C17H13F3N2O4/c1-8(17(25)26)21-15(23)9-2-4-12(18)11(6-9)16(24)22-10-3-5-13(19)14(20)7-10/h2-8H,1H3,(H,21,23)(H,22,24)(H,25,26)/t8-/m1/s1. The zero-order chi connectivity index (χ0) is 19.4. The van der Waals surface area contributed by atoms with Gasteiger partial charge in [-0.2, -0.15) is 0 Å². The number of hydrogen-bond donors (Lipinski definition) is 3. The van der Waals surface area contributed by atoms with Crippen molar-refractivity contribution in [3.8, 4) is 0 Å². The third-order valence-corrected chi connectivity index (χ3v) is 3.37. The second-order valence-corrected chi connectivity index (χ2v) is 5.31. The molecule has 136 valence electrons. The average Bonchev–Trinajstić information content (AvgIpc) is 2.58. The van der Waals surface area contributed by atoms with Crippen LogP contribution in [-0.2, 0) is 4.79 Å². The number of carbonyl (C=O) groups is 3. The van der Waals surface area contributed by atoms with Crippen molar-refractivity contribution in [2.45, 2.75) is 13.0 Å². The molecule has 0 aromatic heterocycles. The molecule has 0 aliphatic heterocycles. The molecule has 0 heterocycles. The second-order valence-electron chi connectivity index (χ2n) is 5.31. The molecule has 0 saturated carbocycles. The Morgan fingerprint density at radius 3 is 2.19 bits per heavy atom. The quantitative estimate of drug-likeness (QED) is 0.758. The molecule has 0 aliphatic carbocycles. The first-order chi connectivity index (χ1) is 12.2. The van der Waals surface area contributed by atoms with Gasteiger partial charge < -0.3 is 15.7 Å². The molecule has 0 saturated heterocycles. The lowest BCUT2D eigenvalue weighted by Gasteiger charge is -2.11. The maximum Gasteiger partial charge on any atom is 0.325 e. The number of amides is 2. The number of nitrogens with one attached hydrogen (secondary N) is 2. The van der Waals surface area contributed by atoms with Gasteiger partial charge in [-0.1, -0.05) is 0 Å². The Bertz CT molecular complexity index is 886. The molecular weight excluding hydrogens is 353 g/mol. The van der Waals surface area contributed by atoms with E-state index in [9.17, 15) is 27.6 Å². The van der Waals surface area contributed by atoms with Crippen LogP contribution in [0.3, 0.4) is 0 Å². The van der Waals surface area contributed by atoms with E-state index in [-0.39, 0.29) is 11.3 Å². The highest BCUT2D eigenvalue weighted by Gasteiger charge is 2.19. The zero-order valence-corrected chi connectivity index (χ0v) is 13.3. The summed E-state index contributed by atoms with van der Waals surface area (Å²) in [7, 11) is 0. The van der Waals surface area contributed by atoms with Crippen LogP contribution in [-0.4, -0.2) is 28.9 Å². The van der Waals surface area contributed by atoms with E-state index in [1.165, 1.54) is 6.92 Å². The Morgan fingerprint density at radius 1 is 0.923 bits per heavy atom. The minimum atomic E-state index is -1.27. The van der Waals surface area contributed by atoms with Gasteiger partial charge in [0.25, 0.3) is 11.8 Å². The first-order valence-corrected chi connectivity index (χ1v) is 7.28. The van der Waals surface area contributed by atoms with Crippen LogP contribution in [0.1, 0.15) is 27.6 Å². The number of carbonyl (C=O) groups excluding carboxylic acids is 2. The van der Waals surface area contributed by atoms with Crippen molar-refractivity contribution in [1.29, 1.82) is 0 Å². The topological polar surface area (TPSA) is 95.5 Å². The highest BCUT2D eigenvalue weighted by atomic mass is 19.2. The van der Waals surface area contributed by atoms with E-state index in [0.29, 0.717) is 0 Å². The summed E-state index contributed by atoms with van der Waals surface area (Å²) in [5.74, 6) is -6.33. The Labute approximate surface area is 145 Å². The van der Waals surface area contributed by atoms with Crippen LogP contribution in [0.4, 0.5) is 18.9 Å². The van der Waals surface area contributed by atoms with E-state index in [1.54, 1.807) is 0 Å². The van der Waals surface area contributed by atoms with Gasteiger partial charge in [0.15, 0.2) is 11.6 Å². The Balaban J connectivity index is 2.22. The van der Waals surface area contributed by atoms with E-state index in [2.05, 4.69) is 10.6 Å². The molecule has 0 fully saturated rings. The normalized spacial score (nSPS) is 11.5. The lowest BCUT2D eigenvalue weighted by atomic mass is 10.1. The van der Waals surface area contributed by atoms with E-state index >= 15 is 0 Å². The maximum absolute atomic E-state index is 13.9. The fraction of sp³-hybridized carbons (Fsp3) is 0.118. The third-order valence-electron chi connectivity index (χ3n) is 3.37. The van der Waals surface area contributed by atoms with Crippen molar-refractivity contribution >= 4 is 23.5 Å². The second kappa shape index (κ2) is 7.68. The molecule has 9 heteroatoms. The minimum Gasteiger partial charge on any atom is -0.480 e. The first-order valence-electron chi connectivity index (χ1n) is 7.28. The minimum absolute atomic E-state index is 0.109. The molecule has 0 bridgehead atoms. The number of aliphatic carboxylic acids is 1. The van der Waals surface area contributed by atoms with Gasteiger partial charge in [-0.3, -0.25) is 14.4 Å². The van der Waals surface area contributed by atoms with Crippen LogP contribution < -0.4 is 10.6 Å². The van der Waals surface area contributed by atoms with Crippen molar-refractivity contribution in [3.63, 3.8) is 0 Å². The van der Waals surface area contributed by atoms with Gasteiger partial charge in [0.1, 0.15) is 11.9 Å². The first kappa shape index (κ1) is 19.0. The predicted molar refractivity (Wildman–Crippen MR) is 85.3 cm³/mol. The molecular formula is C17H13F3N2O4. The van der Waals surface area contributed by atoms with Gasteiger partial charge in [0.2, 0.25) is 0 Å². The number of carboxylic acid groups (broad SMARTS) is 1. The average molecular weight is 366 g/mol. The molecule has 0 radical (unpaired) electrons. The third kappa shape index (κ3) is 4.38. The van der Waals surface area contributed by atoms with Gasteiger partial charge in [0.05, 0.1) is 5.56 Å². The number of carboxylic acids is 1. The summed E-state index contributed by atoms with van der Waals surface area (Å²) in [6.07, 6.45) is 0. The smallest absolute Gasteiger partial charge is 0.325 e. The number of hydrogen-bond acceptors (Lipinski definition) is 3. The molecule has 0 unspecified atom stereocenters. The van der Waals surface area contributed by atoms with Gasteiger partial charge in [0, 0.05) is 17.3 Å². The van der Waals surface area contributed by atoms with Crippen LogP contribution in [0.2, 0.25) is 0 Å². The van der Waals surface area contributed by atoms with Gasteiger partial charge in [-0.05, 0) is 37.3 Å². The Kier molecular flexibility index (Phi) is 5.61. The van der Waals surface area contributed by atoms with Crippen molar-refractivity contribution < 1.29 is 32.7 Å². The summed E-state index contributed by atoms with van der Waals surface area (Å²) < 4.78 is 40.0. The van der Waals surface area contributed by atoms with Crippen molar-refractivity contribution in [2.24, 2.45) is 0 Å². The molecule has 2 rings (SSSR count). The number of halogens is 3. The summed E-state index contributed by atoms with van der Waals surface area (Å²) in [5.41, 5.74) is -0.775. The SMILES string of the molecule is C[C@@H](NC(=O)c1ccc(F)c(C(=O)Nc2ccc(F)c(F)c2)c1)C(=O)O. The molecule has 2 aromatic carbocycles. The summed E-state index contributed by atoms with van der Waals surface area (Å²) in [6, 6.07) is 4.27. The fourth-order valence-corrected chi connectivity index (χ4v) is 1.95. The molecule has 1 atom stereocenters. The molecule has 2 aromatic rings. The van der Waals surface area contributed by atoms with E-state index in [1.807, 2.05) is 0 Å². The van der Waals surface area contributed by atoms with E-state index in [0.717, 1.165) is 36.4 Å². The number of rotatable bonds is 5. The Hall–Kier alpha value is -3.36. The predicted octanol–water partition coefficient (Wildman–Crippen LogP) is 2.56. The molecule has 0 aliphatic rings. The fourth-order valence-electron chi connectivity index (χ4n) is 1.95. The van der Waals surface area contributed by atoms with Crippen LogP contribution in [0.25, 0.3) is 0 Å². The van der Waals surface area contributed by atoms with Gasteiger partial charge in [-0.25, -0.2) is 13.2 Å². The lowest BCUT2D eigenvalue weighted by Crippen LogP contribution is -2.38. The Morgan fingerprint density at radius 2 is 1.58 bits per heavy atom. The van der Waals surface area contributed by atoms with Crippen LogP contribution in [0.5, 0.6) is 0 Å². The summed E-state index contributed by atoms with van der Waals surface area (Å²) in [4.78, 5) is 34.9. The summed E-state index contributed by atoms with van der Waals surface area (Å²) >= 11 is 0. The summed E-state index contributed by atoms with van der Waals surface area (Å²) in [6.45, 7) is 1.24. The monoisotopic (exact) mass is 366 g/mol. The highest BCUT2D eigenvalue weighted by Crippen LogP contribution is 2.17. The van der Waals surface area contributed by atoms with Gasteiger partial charge in [-0.15, -0.1) is 0 Å². The van der Waals surface area contributed by atoms with Gasteiger partial charge >= 0.3 is 5.97 Å². The maximum atomic E-state index is 13.9. The van der Waals surface area contributed by atoms with Crippen LogP contribution >= 0.6 is 0 Å². The summed E-state index contributed by atoms with van der Waals surface area (Å²) in [5, 5.41) is 13.1. The molecule has 6 nitrogen and oxygen atoms in total. The highest BCUT2D eigenvalue weighted by molar-refractivity contribution is 6.06. The molecule has 2 amide bonds. The van der Waals surface area contributed by atoms with Crippen molar-refractivity contribution in [2.75, 3.05) is 5.32 Å². The molecule has 3 N–H and O–H groups in total. The van der Waals surface area contributed by atoms with Crippen molar-refractivity contribution in [1.82, 2.24) is 5.32 Å². The molecule has 0 spiro atoms. The number of benzene rings is 2. The lowest BCUT2D eigenvalue weighted by molar-refractivity contribution is -0.138. The van der Waals surface area contributed by atoms with Crippen molar-refractivity contribution in [3.05, 3.63) is 65.0 Å². The molecule has 26 heavy (non-hydrogen) atoms. The van der Waals surface area contributed by atoms with Crippen LogP contribution in [0, 0.1) is 17.5 Å². The van der Waals surface area contributed by atoms with Crippen LogP contribution in [0.15, 0.2) is 36.4 Å². The number of anilines is 1. The van der Waals surface area contributed by atoms with E-state index in [4.69, 9.17) is 5.11 Å². The van der Waals surface area contributed by atoms with E-state index < -0.39 is 46.8 Å².